The van der Waals surface area contributed by atoms with Gasteiger partial charge >= 0.3 is 0 Å². The maximum absolute atomic E-state index is 13.3. The molecule has 0 bridgehead atoms. The van der Waals surface area contributed by atoms with Crippen molar-refractivity contribution in [2.45, 2.75) is 6.54 Å². The van der Waals surface area contributed by atoms with E-state index < -0.39 is 16.6 Å². The summed E-state index contributed by atoms with van der Waals surface area (Å²) in [5, 5.41) is 13.7. The lowest BCUT2D eigenvalue weighted by molar-refractivity contribution is -0.385. The molecule has 7 heteroatoms. The molecule has 5 nitrogen and oxygen atoms in total. The zero-order chi connectivity index (χ0) is 15.4. The molecule has 0 heterocycles. The molecule has 2 aromatic rings. The first-order chi connectivity index (χ1) is 10.0. The standard InChI is InChI=1S/C14H12F2N2O3/c1-21-14-7-11(3-4-12(14)16)17-8-9-6-10(15)2-5-13(9)18(19)20/h2-7,17H,8H2,1H3. The Bertz CT molecular complexity index is 677. The van der Waals surface area contributed by atoms with Crippen molar-refractivity contribution in [3.63, 3.8) is 0 Å². The van der Waals surface area contributed by atoms with Crippen LogP contribution >= 0.6 is 0 Å². The highest BCUT2D eigenvalue weighted by Crippen LogP contribution is 2.24. The van der Waals surface area contributed by atoms with E-state index in [4.69, 9.17) is 4.74 Å². The lowest BCUT2D eigenvalue weighted by atomic mass is 10.1. The summed E-state index contributed by atoms with van der Waals surface area (Å²) < 4.78 is 31.3. The van der Waals surface area contributed by atoms with Gasteiger partial charge in [-0.15, -0.1) is 0 Å². The Morgan fingerprint density at radius 1 is 1.24 bits per heavy atom. The molecule has 0 amide bonds. The number of hydrogen-bond donors (Lipinski definition) is 1. The molecule has 21 heavy (non-hydrogen) atoms. The highest BCUT2D eigenvalue weighted by Gasteiger charge is 2.14. The Morgan fingerprint density at radius 2 is 2.00 bits per heavy atom. The van der Waals surface area contributed by atoms with Gasteiger partial charge in [-0.05, 0) is 24.3 Å². The molecule has 0 saturated carbocycles. The van der Waals surface area contributed by atoms with Gasteiger partial charge < -0.3 is 10.1 Å². The predicted octanol–water partition coefficient (Wildman–Crippen LogP) is 3.49. The fraction of sp³-hybridized carbons (Fsp3) is 0.143. The van der Waals surface area contributed by atoms with Crippen LogP contribution < -0.4 is 10.1 Å². The zero-order valence-electron chi connectivity index (χ0n) is 11.1. The molecule has 0 fully saturated rings. The van der Waals surface area contributed by atoms with E-state index in [1.807, 2.05) is 0 Å². The smallest absolute Gasteiger partial charge is 0.274 e. The fourth-order valence-corrected chi connectivity index (χ4v) is 1.84. The average molecular weight is 294 g/mol. The topological polar surface area (TPSA) is 64.4 Å². The van der Waals surface area contributed by atoms with Crippen LogP contribution in [0.2, 0.25) is 0 Å². The van der Waals surface area contributed by atoms with Crippen molar-refractivity contribution in [1.82, 2.24) is 0 Å². The van der Waals surface area contributed by atoms with Gasteiger partial charge in [-0.1, -0.05) is 0 Å². The number of nitro benzene ring substituents is 1. The molecule has 110 valence electrons. The molecule has 1 N–H and O–H groups in total. The van der Waals surface area contributed by atoms with Crippen molar-refractivity contribution in [3.8, 4) is 5.75 Å². The second-order valence-electron chi connectivity index (χ2n) is 4.23. The number of methoxy groups -OCH3 is 1. The highest BCUT2D eigenvalue weighted by atomic mass is 19.1. The molecular weight excluding hydrogens is 282 g/mol. The molecule has 0 aliphatic carbocycles. The Kier molecular flexibility index (Phi) is 4.32. The van der Waals surface area contributed by atoms with Gasteiger partial charge in [0.2, 0.25) is 0 Å². The third-order valence-corrected chi connectivity index (χ3v) is 2.87. The molecule has 0 saturated heterocycles. The molecule has 0 aliphatic rings. The Morgan fingerprint density at radius 3 is 2.67 bits per heavy atom. The van der Waals surface area contributed by atoms with Gasteiger partial charge in [-0.3, -0.25) is 10.1 Å². The third-order valence-electron chi connectivity index (χ3n) is 2.87. The Labute approximate surface area is 119 Å². The van der Waals surface area contributed by atoms with Crippen LogP contribution in [0.5, 0.6) is 5.75 Å². The van der Waals surface area contributed by atoms with Gasteiger partial charge in [0.05, 0.1) is 17.6 Å². The summed E-state index contributed by atoms with van der Waals surface area (Å²) in [6, 6.07) is 7.32. The maximum Gasteiger partial charge on any atom is 0.274 e. The van der Waals surface area contributed by atoms with Crippen LogP contribution in [0.1, 0.15) is 5.56 Å². The van der Waals surface area contributed by atoms with Crippen molar-refractivity contribution in [2.24, 2.45) is 0 Å². The van der Waals surface area contributed by atoms with E-state index in [0.29, 0.717) is 5.69 Å². The number of anilines is 1. The summed E-state index contributed by atoms with van der Waals surface area (Å²) in [4.78, 5) is 10.3. The molecule has 0 aliphatic heterocycles. The van der Waals surface area contributed by atoms with Crippen LogP contribution in [0.25, 0.3) is 0 Å². The molecule has 0 aromatic heterocycles. The minimum Gasteiger partial charge on any atom is -0.494 e. The quantitative estimate of drug-likeness (QED) is 0.677. The number of nitrogens with one attached hydrogen (secondary N) is 1. The summed E-state index contributed by atoms with van der Waals surface area (Å²) in [6.07, 6.45) is 0. The first-order valence-electron chi connectivity index (χ1n) is 6.01. The van der Waals surface area contributed by atoms with E-state index in [2.05, 4.69) is 5.32 Å². The third kappa shape index (κ3) is 3.44. The number of rotatable bonds is 5. The van der Waals surface area contributed by atoms with Crippen LogP contribution in [0, 0.1) is 21.7 Å². The Balaban J connectivity index is 2.20. The number of nitro groups is 1. The van der Waals surface area contributed by atoms with Crippen molar-refractivity contribution in [1.29, 1.82) is 0 Å². The number of nitrogens with zero attached hydrogens (tertiary/aromatic N) is 1. The first-order valence-corrected chi connectivity index (χ1v) is 6.01. The van der Waals surface area contributed by atoms with E-state index in [0.717, 1.165) is 18.2 Å². The van der Waals surface area contributed by atoms with Gasteiger partial charge in [0.25, 0.3) is 5.69 Å². The second-order valence-corrected chi connectivity index (χ2v) is 4.23. The molecule has 2 rings (SSSR count). The second kappa shape index (κ2) is 6.17. The highest BCUT2D eigenvalue weighted by molar-refractivity contribution is 5.51. The molecule has 2 aromatic carbocycles. The zero-order valence-corrected chi connectivity index (χ0v) is 11.1. The van der Waals surface area contributed by atoms with E-state index in [1.54, 1.807) is 0 Å². The summed E-state index contributed by atoms with van der Waals surface area (Å²) in [6.45, 7) is 0.0306. The first kappa shape index (κ1) is 14.7. The van der Waals surface area contributed by atoms with Crippen LogP contribution in [-0.2, 0) is 6.54 Å². The van der Waals surface area contributed by atoms with Gasteiger partial charge in [0, 0.05) is 24.4 Å². The average Bonchev–Trinajstić information content (AvgIpc) is 2.46. The van der Waals surface area contributed by atoms with E-state index in [-0.39, 0.29) is 23.5 Å². The Hall–Kier alpha value is -2.70. The van der Waals surface area contributed by atoms with Crippen molar-refractivity contribution < 1.29 is 18.4 Å². The number of ether oxygens (including phenoxy) is 1. The van der Waals surface area contributed by atoms with Crippen molar-refractivity contribution in [2.75, 3.05) is 12.4 Å². The largest absolute Gasteiger partial charge is 0.494 e. The number of benzene rings is 2. The fourth-order valence-electron chi connectivity index (χ4n) is 1.84. The minimum absolute atomic E-state index is 0.0306. The van der Waals surface area contributed by atoms with Gasteiger partial charge in [-0.25, -0.2) is 8.78 Å². The predicted molar refractivity (Wildman–Crippen MR) is 73.3 cm³/mol. The van der Waals surface area contributed by atoms with Crippen LogP contribution in [0.4, 0.5) is 20.2 Å². The van der Waals surface area contributed by atoms with Gasteiger partial charge in [0.1, 0.15) is 5.82 Å². The number of halogens is 2. The SMILES string of the molecule is COc1cc(NCc2cc(F)ccc2[N+](=O)[O-])ccc1F. The normalized spacial score (nSPS) is 10.2. The van der Waals surface area contributed by atoms with Crippen LogP contribution in [0.3, 0.4) is 0 Å². The van der Waals surface area contributed by atoms with E-state index in [1.165, 1.54) is 25.3 Å². The molecule has 0 atom stereocenters. The summed E-state index contributed by atoms with van der Waals surface area (Å²) in [5.41, 5.74) is 0.521. The molecule has 0 radical (unpaired) electrons. The van der Waals surface area contributed by atoms with Gasteiger partial charge in [0.15, 0.2) is 11.6 Å². The molecule has 0 unspecified atom stereocenters. The molecule has 0 spiro atoms. The minimum atomic E-state index is -0.582. The molecular formula is C14H12F2N2O3. The lowest BCUT2D eigenvalue weighted by Crippen LogP contribution is -2.04. The lowest BCUT2D eigenvalue weighted by Gasteiger charge is -2.09. The monoisotopic (exact) mass is 294 g/mol. The van der Waals surface area contributed by atoms with Crippen molar-refractivity contribution in [3.05, 3.63) is 63.7 Å². The number of hydrogen-bond acceptors (Lipinski definition) is 4. The van der Waals surface area contributed by atoms with E-state index >= 15 is 0 Å². The van der Waals surface area contributed by atoms with Gasteiger partial charge in [-0.2, -0.15) is 0 Å². The van der Waals surface area contributed by atoms with E-state index in [9.17, 15) is 18.9 Å². The van der Waals surface area contributed by atoms with Crippen LogP contribution in [0.15, 0.2) is 36.4 Å². The summed E-state index contributed by atoms with van der Waals surface area (Å²) in [7, 11) is 1.33. The summed E-state index contributed by atoms with van der Waals surface area (Å²) >= 11 is 0. The van der Waals surface area contributed by atoms with Crippen LogP contribution in [-0.4, -0.2) is 12.0 Å². The summed E-state index contributed by atoms with van der Waals surface area (Å²) in [5.74, 6) is -1.03. The van der Waals surface area contributed by atoms with Crippen molar-refractivity contribution >= 4 is 11.4 Å². The maximum atomic E-state index is 13.3.